The Morgan fingerprint density at radius 3 is 2.65 bits per heavy atom. The number of para-hydroxylation sites is 1. The number of nitrogens with two attached hydrogens (primary N) is 1. The number of likely N-dealkylation sites (N-methyl/N-ethyl adjacent to an activating group) is 1. The number of benzene rings is 2. The average Bonchev–Trinajstić information content (AvgIpc) is 3.30. The van der Waals surface area contributed by atoms with Crippen molar-refractivity contribution < 1.29 is 17.9 Å². The van der Waals surface area contributed by atoms with Crippen LogP contribution in [0.3, 0.4) is 0 Å². The van der Waals surface area contributed by atoms with Gasteiger partial charge in [0.15, 0.2) is 0 Å². The molecule has 3 heterocycles. The van der Waals surface area contributed by atoms with Crippen molar-refractivity contribution in [3.05, 3.63) is 59.3 Å². The van der Waals surface area contributed by atoms with Crippen LogP contribution in [0.25, 0.3) is 11.0 Å². The summed E-state index contributed by atoms with van der Waals surface area (Å²) < 4.78 is 32.9. The zero-order valence-corrected chi connectivity index (χ0v) is 23.6. The molecule has 5 rings (SSSR count). The fourth-order valence-corrected chi connectivity index (χ4v) is 5.85. The van der Waals surface area contributed by atoms with Gasteiger partial charge in [-0.05, 0) is 54.4 Å². The lowest BCUT2D eigenvalue weighted by Crippen LogP contribution is -2.26. The van der Waals surface area contributed by atoms with E-state index in [1.54, 1.807) is 31.5 Å². The van der Waals surface area contributed by atoms with E-state index in [2.05, 4.69) is 32.5 Å². The van der Waals surface area contributed by atoms with Crippen molar-refractivity contribution in [3.8, 4) is 5.75 Å². The number of ether oxygens (including phenoxy) is 1. The Morgan fingerprint density at radius 1 is 1.15 bits per heavy atom. The smallest absolute Gasteiger partial charge is 0.244 e. The molecule has 1 amide bonds. The highest BCUT2D eigenvalue weighted by molar-refractivity contribution is 7.89. The molecule has 0 unspecified atom stereocenters. The van der Waals surface area contributed by atoms with Crippen molar-refractivity contribution in [2.45, 2.75) is 24.3 Å². The first-order valence-electron chi connectivity index (χ1n) is 12.7. The van der Waals surface area contributed by atoms with Crippen molar-refractivity contribution in [2.24, 2.45) is 5.73 Å². The Bertz CT molecular complexity index is 1700. The van der Waals surface area contributed by atoms with E-state index in [-0.39, 0.29) is 17.3 Å². The summed E-state index contributed by atoms with van der Waals surface area (Å²) in [5.41, 5.74) is 9.96. The molecule has 13 heteroatoms. The van der Waals surface area contributed by atoms with Crippen molar-refractivity contribution >= 4 is 50.1 Å². The number of aromatic nitrogens is 3. The van der Waals surface area contributed by atoms with Gasteiger partial charge in [-0.15, -0.1) is 0 Å². The molecule has 5 N–H and O–H groups in total. The maximum absolute atomic E-state index is 13.0. The minimum absolute atomic E-state index is 0.0470. The fourth-order valence-electron chi connectivity index (χ4n) is 4.80. The topological polar surface area (TPSA) is 159 Å². The second-order valence-electron chi connectivity index (χ2n) is 9.92. The number of nitrogens with one attached hydrogen (secondary N) is 3. The molecule has 4 aromatic rings. The Hall–Kier alpha value is -4.20. The number of sulfonamides is 1. The van der Waals surface area contributed by atoms with Gasteiger partial charge in [0.05, 0.1) is 30.3 Å². The van der Waals surface area contributed by atoms with E-state index in [1.165, 1.54) is 31.3 Å². The van der Waals surface area contributed by atoms with Crippen LogP contribution >= 0.6 is 0 Å². The molecule has 0 saturated carbocycles. The predicted octanol–water partition coefficient (Wildman–Crippen LogP) is 2.72. The third kappa shape index (κ3) is 5.30. The van der Waals surface area contributed by atoms with Gasteiger partial charge in [-0.25, -0.2) is 12.7 Å². The van der Waals surface area contributed by atoms with Gasteiger partial charge >= 0.3 is 0 Å². The van der Waals surface area contributed by atoms with Crippen LogP contribution in [0.15, 0.2) is 47.5 Å². The van der Waals surface area contributed by atoms with Crippen molar-refractivity contribution in [2.75, 3.05) is 45.4 Å². The van der Waals surface area contributed by atoms with E-state index < -0.39 is 15.9 Å². The van der Waals surface area contributed by atoms with Gasteiger partial charge in [-0.3, -0.25) is 4.79 Å². The van der Waals surface area contributed by atoms with Crippen LogP contribution in [0.5, 0.6) is 5.75 Å². The van der Waals surface area contributed by atoms with Gasteiger partial charge in [-0.2, -0.15) is 9.97 Å². The molecule has 0 saturated heterocycles. The van der Waals surface area contributed by atoms with Crippen LogP contribution in [-0.4, -0.2) is 73.3 Å². The van der Waals surface area contributed by atoms with Crippen LogP contribution in [0, 0.1) is 0 Å². The quantitative estimate of drug-likeness (QED) is 0.240. The Labute approximate surface area is 232 Å². The summed E-state index contributed by atoms with van der Waals surface area (Å²) in [5, 5.41) is 6.98. The molecule has 0 fully saturated rings. The number of H-pyrrole nitrogens is 1. The Morgan fingerprint density at radius 2 is 1.93 bits per heavy atom. The zero-order valence-electron chi connectivity index (χ0n) is 22.8. The molecule has 2 aromatic carbocycles. The molecule has 2 aromatic heterocycles. The van der Waals surface area contributed by atoms with Crippen molar-refractivity contribution in [3.63, 3.8) is 0 Å². The van der Waals surface area contributed by atoms with Gasteiger partial charge in [0.1, 0.15) is 22.1 Å². The lowest BCUT2D eigenvalue weighted by molar-refractivity contribution is -0.117. The average molecular weight is 565 g/mol. The number of anilines is 4. The molecule has 0 atom stereocenters. The molecule has 40 heavy (non-hydrogen) atoms. The number of amides is 1. The Balaban J connectivity index is 1.62. The van der Waals surface area contributed by atoms with E-state index in [4.69, 9.17) is 15.5 Å². The first-order chi connectivity index (χ1) is 19.1. The number of hydrogen-bond donors (Lipinski definition) is 4. The molecule has 0 bridgehead atoms. The minimum atomic E-state index is -3.77. The number of methoxy groups -OCH3 is 1. The first kappa shape index (κ1) is 27.4. The van der Waals surface area contributed by atoms with Crippen molar-refractivity contribution in [1.29, 1.82) is 0 Å². The first-order valence-corrected chi connectivity index (χ1v) is 14.1. The van der Waals surface area contributed by atoms with E-state index in [0.29, 0.717) is 39.5 Å². The van der Waals surface area contributed by atoms with Crippen molar-refractivity contribution in [1.82, 2.24) is 24.2 Å². The third-order valence-electron chi connectivity index (χ3n) is 6.85. The lowest BCUT2D eigenvalue weighted by Gasteiger charge is -2.26. The van der Waals surface area contributed by atoms with Gasteiger partial charge < -0.3 is 31.0 Å². The van der Waals surface area contributed by atoms with Gasteiger partial charge in [0.2, 0.25) is 21.9 Å². The lowest BCUT2D eigenvalue weighted by atomic mass is 9.99. The van der Waals surface area contributed by atoms with Gasteiger partial charge in [0.25, 0.3) is 0 Å². The largest absolute Gasteiger partial charge is 0.495 e. The number of hydrogen-bond acceptors (Lipinski definition) is 9. The minimum Gasteiger partial charge on any atom is -0.495 e. The number of rotatable bonds is 9. The predicted molar refractivity (Wildman–Crippen MR) is 154 cm³/mol. The highest BCUT2D eigenvalue weighted by Gasteiger charge is 2.24. The van der Waals surface area contributed by atoms with Crippen LogP contribution in [0.1, 0.15) is 16.7 Å². The monoisotopic (exact) mass is 564 g/mol. The normalized spacial score (nSPS) is 13.8. The number of fused-ring (bicyclic) bond motifs is 2. The number of carbonyl (C=O) groups is 1. The number of carbonyl (C=O) groups excluding carboxylic acids is 1. The second-order valence-corrected chi connectivity index (χ2v) is 12.0. The summed E-state index contributed by atoms with van der Waals surface area (Å²) in [6.07, 6.45) is 2.53. The summed E-state index contributed by atoms with van der Waals surface area (Å²) in [4.78, 5) is 26.6. The fraction of sp³-hybridized carbons (Fsp3) is 0.296. The van der Waals surface area contributed by atoms with E-state index >= 15 is 0 Å². The maximum Gasteiger partial charge on any atom is 0.244 e. The van der Waals surface area contributed by atoms with E-state index in [0.717, 1.165) is 23.8 Å². The molecule has 0 aliphatic carbocycles. The summed E-state index contributed by atoms with van der Waals surface area (Å²) in [6.45, 7) is 1.79. The number of primary amides is 1. The van der Waals surface area contributed by atoms with Crippen LogP contribution < -0.4 is 21.1 Å². The second kappa shape index (κ2) is 10.8. The standard InChI is InChI=1S/C27H32N8O4S/c1-34(2)40(37,38)22-8-6-5-7-19(22)30-26-24-17(13-23(28)36)14-29-25(24)32-27(33-26)31-20-11-18-15-35(3)10-9-16(18)12-21(20)39-4/h5-8,11-12,14H,9-10,13,15H2,1-4H3,(H2,28,36)(H3,29,30,31,32,33). The zero-order chi connectivity index (χ0) is 28.6. The molecule has 0 spiro atoms. The summed E-state index contributed by atoms with van der Waals surface area (Å²) >= 11 is 0. The molecular formula is C27H32N8O4S. The third-order valence-corrected chi connectivity index (χ3v) is 8.72. The molecule has 210 valence electrons. The SMILES string of the molecule is COc1cc2c(cc1Nc1nc(Nc3ccccc3S(=O)(=O)N(C)C)c3c(CC(N)=O)c[nH]c3n1)CN(C)CC2. The van der Waals surface area contributed by atoms with Crippen LogP contribution in [-0.2, 0) is 34.2 Å². The van der Waals surface area contributed by atoms with Crippen LogP contribution in [0.4, 0.5) is 23.1 Å². The molecule has 0 radical (unpaired) electrons. The van der Waals surface area contributed by atoms with Gasteiger partial charge in [0, 0.05) is 33.4 Å². The molecule has 1 aliphatic rings. The summed E-state index contributed by atoms with van der Waals surface area (Å²) in [5.74, 6) is 0.694. The van der Waals surface area contributed by atoms with Crippen LogP contribution in [0.2, 0.25) is 0 Å². The molecular weight excluding hydrogens is 532 g/mol. The summed E-state index contributed by atoms with van der Waals surface area (Å²) in [6, 6.07) is 10.6. The van der Waals surface area contributed by atoms with E-state index in [9.17, 15) is 13.2 Å². The number of nitrogens with zero attached hydrogens (tertiary/aromatic N) is 4. The molecule has 1 aliphatic heterocycles. The molecule has 12 nitrogen and oxygen atoms in total. The number of aromatic amines is 1. The summed E-state index contributed by atoms with van der Waals surface area (Å²) in [7, 11) is 2.87. The maximum atomic E-state index is 13.0. The van der Waals surface area contributed by atoms with Gasteiger partial charge in [-0.1, -0.05) is 12.1 Å². The highest BCUT2D eigenvalue weighted by Crippen LogP contribution is 2.35. The Kier molecular flexibility index (Phi) is 7.36. The highest BCUT2D eigenvalue weighted by atomic mass is 32.2. The van der Waals surface area contributed by atoms with E-state index in [1.807, 2.05) is 12.1 Å².